The summed E-state index contributed by atoms with van der Waals surface area (Å²) in [6, 6.07) is 5.73. The molecule has 0 unspecified atom stereocenters. The number of aliphatic carboxylic acids is 1. The standard InChI is InChI=1S/C10H12FNO4S/c1-12(17(15,16)7-10(13)14)6-8-4-2-3-5-9(8)11/h2-5H,6-7H2,1H3,(H,13,14). The Hall–Kier alpha value is -1.47. The SMILES string of the molecule is CN(Cc1ccccc1F)S(=O)(=O)CC(=O)O. The van der Waals surface area contributed by atoms with E-state index in [9.17, 15) is 17.6 Å². The first-order valence-electron chi connectivity index (χ1n) is 4.72. The van der Waals surface area contributed by atoms with Crippen molar-refractivity contribution in [3.05, 3.63) is 35.6 Å². The van der Waals surface area contributed by atoms with Crippen LogP contribution in [-0.4, -0.2) is 36.6 Å². The van der Waals surface area contributed by atoms with Gasteiger partial charge in [0.2, 0.25) is 10.0 Å². The molecule has 0 bridgehead atoms. The Kier molecular flexibility index (Phi) is 4.19. The molecule has 0 spiro atoms. The molecule has 1 rings (SSSR count). The van der Waals surface area contributed by atoms with E-state index in [1.807, 2.05) is 0 Å². The second kappa shape index (κ2) is 5.24. The fourth-order valence-corrected chi connectivity index (χ4v) is 2.10. The molecule has 17 heavy (non-hydrogen) atoms. The summed E-state index contributed by atoms with van der Waals surface area (Å²) in [5.41, 5.74) is 0.198. The van der Waals surface area contributed by atoms with Gasteiger partial charge >= 0.3 is 5.97 Å². The normalized spacial score (nSPS) is 11.7. The topological polar surface area (TPSA) is 74.7 Å². The van der Waals surface area contributed by atoms with Gasteiger partial charge in [-0.25, -0.2) is 12.8 Å². The molecule has 0 saturated heterocycles. The van der Waals surface area contributed by atoms with Crippen LogP contribution in [0.2, 0.25) is 0 Å². The molecule has 0 saturated carbocycles. The van der Waals surface area contributed by atoms with Crippen molar-refractivity contribution in [1.29, 1.82) is 0 Å². The van der Waals surface area contributed by atoms with Crippen LogP contribution >= 0.6 is 0 Å². The van der Waals surface area contributed by atoms with Crippen LogP contribution < -0.4 is 0 Å². The van der Waals surface area contributed by atoms with Crippen LogP contribution in [0.15, 0.2) is 24.3 Å². The van der Waals surface area contributed by atoms with E-state index >= 15 is 0 Å². The summed E-state index contributed by atoms with van der Waals surface area (Å²) in [4.78, 5) is 10.4. The smallest absolute Gasteiger partial charge is 0.320 e. The summed E-state index contributed by atoms with van der Waals surface area (Å²) in [5.74, 6) is -2.96. The lowest BCUT2D eigenvalue weighted by Gasteiger charge is -2.16. The van der Waals surface area contributed by atoms with E-state index in [4.69, 9.17) is 5.11 Å². The van der Waals surface area contributed by atoms with E-state index in [0.29, 0.717) is 0 Å². The fourth-order valence-electron chi connectivity index (χ4n) is 1.23. The lowest BCUT2D eigenvalue weighted by Crippen LogP contribution is -2.32. The molecule has 0 aliphatic carbocycles. The van der Waals surface area contributed by atoms with E-state index in [1.54, 1.807) is 6.07 Å². The van der Waals surface area contributed by atoms with Crippen LogP contribution in [-0.2, 0) is 21.4 Å². The molecule has 0 aromatic heterocycles. The average Bonchev–Trinajstić information content (AvgIpc) is 2.19. The van der Waals surface area contributed by atoms with Gasteiger partial charge in [0.25, 0.3) is 0 Å². The van der Waals surface area contributed by atoms with Gasteiger partial charge in [-0.2, -0.15) is 4.31 Å². The molecule has 0 aliphatic heterocycles. The maximum atomic E-state index is 13.3. The highest BCUT2D eigenvalue weighted by atomic mass is 32.2. The van der Waals surface area contributed by atoms with Gasteiger partial charge in [-0.05, 0) is 6.07 Å². The first-order chi connectivity index (χ1) is 7.83. The number of hydrogen-bond donors (Lipinski definition) is 1. The summed E-state index contributed by atoms with van der Waals surface area (Å²) in [6.07, 6.45) is 0. The first-order valence-corrected chi connectivity index (χ1v) is 6.33. The van der Waals surface area contributed by atoms with Crippen molar-refractivity contribution in [2.75, 3.05) is 12.8 Å². The molecule has 0 heterocycles. The Morgan fingerprint density at radius 3 is 2.53 bits per heavy atom. The van der Waals surface area contributed by atoms with Crippen LogP contribution in [0.5, 0.6) is 0 Å². The van der Waals surface area contributed by atoms with E-state index in [-0.39, 0.29) is 12.1 Å². The van der Waals surface area contributed by atoms with Crippen LogP contribution in [0, 0.1) is 5.82 Å². The summed E-state index contributed by atoms with van der Waals surface area (Å²) in [6.45, 7) is -0.192. The Labute approximate surface area is 98.5 Å². The highest BCUT2D eigenvalue weighted by Gasteiger charge is 2.22. The molecule has 7 heteroatoms. The van der Waals surface area contributed by atoms with Gasteiger partial charge in [0.05, 0.1) is 0 Å². The maximum absolute atomic E-state index is 13.3. The van der Waals surface area contributed by atoms with E-state index in [2.05, 4.69) is 0 Å². The predicted molar refractivity (Wildman–Crippen MR) is 59.3 cm³/mol. The van der Waals surface area contributed by atoms with Crippen molar-refractivity contribution in [3.8, 4) is 0 Å². The molecular weight excluding hydrogens is 249 g/mol. The molecular formula is C10H12FNO4S. The number of rotatable bonds is 5. The van der Waals surface area contributed by atoms with Crippen LogP contribution in [0.25, 0.3) is 0 Å². The number of nitrogens with zero attached hydrogens (tertiary/aromatic N) is 1. The fraction of sp³-hybridized carbons (Fsp3) is 0.300. The average molecular weight is 261 g/mol. The van der Waals surface area contributed by atoms with E-state index in [1.165, 1.54) is 25.2 Å². The Morgan fingerprint density at radius 2 is 2.00 bits per heavy atom. The number of carbonyl (C=O) groups is 1. The minimum Gasteiger partial charge on any atom is -0.480 e. The molecule has 0 fully saturated rings. The lowest BCUT2D eigenvalue weighted by atomic mass is 10.2. The van der Waals surface area contributed by atoms with Gasteiger partial charge in [0, 0.05) is 19.2 Å². The number of carboxylic acids is 1. The second-order valence-corrected chi connectivity index (χ2v) is 5.57. The monoisotopic (exact) mass is 261 g/mol. The highest BCUT2D eigenvalue weighted by molar-refractivity contribution is 7.89. The molecule has 1 N–H and O–H groups in total. The molecule has 0 aliphatic rings. The van der Waals surface area contributed by atoms with Crippen molar-refractivity contribution < 1.29 is 22.7 Å². The van der Waals surface area contributed by atoms with Crippen molar-refractivity contribution in [2.24, 2.45) is 0 Å². The van der Waals surface area contributed by atoms with Crippen molar-refractivity contribution in [1.82, 2.24) is 4.31 Å². The number of halogens is 1. The number of carboxylic acid groups (broad SMARTS) is 1. The third-order valence-corrected chi connectivity index (χ3v) is 3.82. The van der Waals surface area contributed by atoms with Gasteiger partial charge in [-0.1, -0.05) is 18.2 Å². The number of sulfonamides is 1. The first kappa shape index (κ1) is 13.6. The summed E-state index contributed by atoms with van der Waals surface area (Å²) >= 11 is 0. The van der Waals surface area contributed by atoms with E-state index in [0.717, 1.165) is 4.31 Å². The zero-order valence-corrected chi connectivity index (χ0v) is 9.95. The Bertz CT molecular complexity index is 515. The quantitative estimate of drug-likeness (QED) is 0.845. The molecule has 94 valence electrons. The van der Waals surface area contributed by atoms with Gasteiger partial charge in [0.1, 0.15) is 5.82 Å². The van der Waals surface area contributed by atoms with Crippen LogP contribution in [0.3, 0.4) is 0 Å². The van der Waals surface area contributed by atoms with E-state index < -0.39 is 27.6 Å². The van der Waals surface area contributed by atoms with Gasteiger partial charge in [-0.3, -0.25) is 4.79 Å². The maximum Gasteiger partial charge on any atom is 0.320 e. The van der Waals surface area contributed by atoms with Crippen molar-refractivity contribution >= 4 is 16.0 Å². The summed E-state index contributed by atoms with van der Waals surface area (Å²) in [7, 11) is -2.69. The molecule has 1 aromatic rings. The van der Waals surface area contributed by atoms with Crippen molar-refractivity contribution in [3.63, 3.8) is 0 Å². The number of hydrogen-bond acceptors (Lipinski definition) is 3. The second-order valence-electron chi connectivity index (χ2n) is 3.50. The van der Waals surface area contributed by atoms with Gasteiger partial charge < -0.3 is 5.11 Å². The third kappa shape index (κ3) is 3.79. The predicted octanol–water partition coefficient (Wildman–Crippen LogP) is 0.672. The lowest BCUT2D eigenvalue weighted by molar-refractivity contribution is -0.134. The zero-order valence-electron chi connectivity index (χ0n) is 9.13. The highest BCUT2D eigenvalue weighted by Crippen LogP contribution is 2.11. The molecule has 0 radical (unpaired) electrons. The molecule has 5 nitrogen and oxygen atoms in total. The van der Waals surface area contributed by atoms with Gasteiger partial charge in [0.15, 0.2) is 5.75 Å². The number of benzene rings is 1. The minimum absolute atomic E-state index is 0.192. The zero-order chi connectivity index (χ0) is 13.1. The van der Waals surface area contributed by atoms with Crippen LogP contribution in [0.4, 0.5) is 4.39 Å². The van der Waals surface area contributed by atoms with Crippen LogP contribution in [0.1, 0.15) is 5.56 Å². The molecule has 0 atom stereocenters. The van der Waals surface area contributed by atoms with Gasteiger partial charge in [-0.15, -0.1) is 0 Å². The van der Waals surface area contributed by atoms with Crippen molar-refractivity contribution in [2.45, 2.75) is 6.54 Å². The Morgan fingerprint density at radius 1 is 1.41 bits per heavy atom. The molecule has 0 amide bonds. The molecule has 1 aromatic carbocycles. The Balaban J connectivity index is 2.83. The third-order valence-electron chi connectivity index (χ3n) is 2.13. The largest absolute Gasteiger partial charge is 0.480 e. The minimum atomic E-state index is -3.91. The summed E-state index contributed by atoms with van der Waals surface area (Å²) in [5, 5.41) is 8.44. The summed E-state index contributed by atoms with van der Waals surface area (Å²) < 4.78 is 37.0.